The molecule has 1 aliphatic carbocycles. The molecule has 1 saturated heterocycles. The van der Waals surface area contributed by atoms with Gasteiger partial charge in [-0.15, -0.1) is 11.3 Å². The molecular formula is C31H34N6O4S2. The molecule has 1 aromatic carbocycles. The maximum atomic E-state index is 13.3. The molecular weight excluding hydrogens is 585 g/mol. The Hall–Kier alpha value is -3.61. The van der Waals surface area contributed by atoms with Gasteiger partial charge in [0.15, 0.2) is 4.21 Å². The van der Waals surface area contributed by atoms with E-state index in [0.29, 0.717) is 6.61 Å². The van der Waals surface area contributed by atoms with E-state index in [1.54, 1.807) is 23.4 Å². The van der Waals surface area contributed by atoms with E-state index in [-0.39, 0.29) is 21.7 Å². The fourth-order valence-electron chi connectivity index (χ4n) is 6.62. The molecule has 7 rings (SSSR count). The number of hydrogen-bond donors (Lipinski definition) is 1. The summed E-state index contributed by atoms with van der Waals surface area (Å²) in [6.07, 6.45) is 12.1. The van der Waals surface area contributed by atoms with Crippen molar-refractivity contribution in [3.63, 3.8) is 0 Å². The fourth-order valence-corrected chi connectivity index (χ4v) is 8.46. The van der Waals surface area contributed by atoms with Gasteiger partial charge < -0.3 is 14.5 Å². The summed E-state index contributed by atoms with van der Waals surface area (Å²) >= 11 is 1.05. The van der Waals surface area contributed by atoms with Gasteiger partial charge in [-0.2, -0.15) is 0 Å². The van der Waals surface area contributed by atoms with Gasteiger partial charge in [-0.3, -0.25) is 19.5 Å². The standard InChI is InChI=1S/C31H34N6O4S2/c1-36-26-18-33-24-8-7-21(15-23(24)28(26)31(30(36)38)9-5-10-31)22-16-25(35-43(39,40)27-19-32-20-42-27)29(34-17-22)41-14-6-13-37-11-3-2-4-12-37/h7-8,15-20,35H,2-6,9-14H2,1H3. The lowest BCUT2D eigenvalue weighted by Crippen LogP contribution is -2.43. The van der Waals surface area contributed by atoms with Gasteiger partial charge in [0, 0.05) is 36.3 Å². The Morgan fingerprint density at radius 3 is 2.60 bits per heavy atom. The first-order chi connectivity index (χ1) is 20.9. The first-order valence-electron chi connectivity index (χ1n) is 14.8. The number of amides is 1. The summed E-state index contributed by atoms with van der Waals surface area (Å²) < 4.78 is 35.3. The molecule has 3 aromatic heterocycles. The van der Waals surface area contributed by atoms with Gasteiger partial charge in [0.1, 0.15) is 5.69 Å². The zero-order valence-corrected chi connectivity index (χ0v) is 25.7. The molecule has 1 spiro atoms. The monoisotopic (exact) mass is 618 g/mol. The third-order valence-electron chi connectivity index (χ3n) is 9.02. The number of anilines is 2. The molecule has 3 aliphatic rings. The number of carbonyl (C=O) groups is 1. The number of rotatable bonds is 9. The van der Waals surface area contributed by atoms with Crippen LogP contribution < -0.4 is 14.4 Å². The van der Waals surface area contributed by atoms with Crippen LogP contribution in [-0.4, -0.2) is 67.5 Å². The smallest absolute Gasteiger partial charge is 0.273 e. The van der Waals surface area contributed by atoms with Gasteiger partial charge in [0.2, 0.25) is 11.8 Å². The Balaban J connectivity index is 1.22. The number of thiazole rings is 1. The SMILES string of the molecule is CN1C(=O)C2(CCC2)c2c1cnc1ccc(-c3cnc(OCCCN4CCCCC4)c(NS(=O)(=O)c4cncs4)c3)cc21. The van der Waals surface area contributed by atoms with Crippen LogP contribution in [0.1, 0.15) is 50.5 Å². The largest absolute Gasteiger partial charge is 0.476 e. The molecule has 224 valence electrons. The number of ether oxygens (including phenoxy) is 1. The molecule has 0 bridgehead atoms. The van der Waals surface area contributed by atoms with Crippen LogP contribution >= 0.6 is 11.3 Å². The summed E-state index contributed by atoms with van der Waals surface area (Å²) in [6.45, 7) is 3.59. The molecule has 43 heavy (non-hydrogen) atoms. The first kappa shape index (κ1) is 28.2. The van der Waals surface area contributed by atoms with Crippen LogP contribution in [0.2, 0.25) is 0 Å². The van der Waals surface area contributed by atoms with Crippen LogP contribution in [0.3, 0.4) is 0 Å². The quantitative estimate of drug-likeness (QED) is 0.254. The van der Waals surface area contributed by atoms with Crippen molar-refractivity contribution < 1.29 is 17.9 Å². The number of aromatic nitrogens is 3. The van der Waals surface area contributed by atoms with Crippen molar-refractivity contribution in [2.75, 3.05) is 42.9 Å². The van der Waals surface area contributed by atoms with E-state index in [4.69, 9.17) is 4.74 Å². The first-order valence-corrected chi connectivity index (χ1v) is 17.2. The lowest BCUT2D eigenvalue weighted by Gasteiger charge is -2.37. The second-order valence-corrected chi connectivity index (χ2v) is 14.5. The Labute approximate surface area is 255 Å². The highest BCUT2D eigenvalue weighted by Gasteiger charge is 2.54. The summed E-state index contributed by atoms with van der Waals surface area (Å²) in [5, 5.41) is 0.942. The summed E-state index contributed by atoms with van der Waals surface area (Å²) in [6, 6.07) is 7.71. The van der Waals surface area contributed by atoms with Gasteiger partial charge in [-0.25, -0.2) is 13.4 Å². The van der Waals surface area contributed by atoms with Gasteiger partial charge in [0.05, 0.1) is 41.1 Å². The molecule has 0 atom stereocenters. The summed E-state index contributed by atoms with van der Waals surface area (Å²) in [5.41, 5.74) is 5.58. The highest BCUT2D eigenvalue weighted by atomic mass is 32.2. The molecule has 0 unspecified atom stereocenters. The molecule has 1 N–H and O–H groups in total. The number of piperidine rings is 1. The maximum absolute atomic E-state index is 13.3. The molecule has 12 heteroatoms. The van der Waals surface area contributed by atoms with Crippen LogP contribution in [0.4, 0.5) is 11.4 Å². The number of hydrogen-bond acceptors (Lipinski definition) is 9. The molecule has 2 fully saturated rings. The third-order valence-corrected chi connectivity index (χ3v) is 11.7. The summed E-state index contributed by atoms with van der Waals surface area (Å²) in [7, 11) is -2.06. The van der Waals surface area contributed by atoms with Crippen LogP contribution in [0.5, 0.6) is 5.88 Å². The lowest BCUT2D eigenvalue weighted by molar-refractivity contribution is -0.125. The number of sulfonamides is 1. The van der Waals surface area contributed by atoms with Gasteiger partial charge in [-0.05, 0) is 69.0 Å². The van der Waals surface area contributed by atoms with E-state index in [9.17, 15) is 13.2 Å². The van der Waals surface area contributed by atoms with Crippen molar-refractivity contribution in [3.05, 3.63) is 53.9 Å². The van der Waals surface area contributed by atoms with Crippen molar-refractivity contribution in [1.29, 1.82) is 0 Å². The predicted octanol–water partition coefficient (Wildman–Crippen LogP) is 5.21. The second-order valence-electron chi connectivity index (χ2n) is 11.7. The minimum absolute atomic E-state index is 0.112. The highest BCUT2D eigenvalue weighted by molar-refractivity contribution is 7.94. The van der Waals surface area contributed by atoms with Gasteiger partial charge >= 0.3 is 0 Å². The van der Waals surface area contributed by atoms with E-state index in [1.807, 2.05) is 25.2 Å². The van der Waals surface area contributed by atoms with E-state index in [1.165, 1.54) is 31.0 Å². The predicted molar refractivity (Wildman–Crippen MR) is 167 cm³/mol. The number of fused-ring (bicyclic) bond motifs is 4. The zero-order valence-electron chi connectivity index (χ0n) is 24.1. The number of benzene rings is 1. The third kappa shape index (κ3) is 5.04. The maximum Gasteiger partial charge on any atom is 0.273 e. The normalized spacial score (nSPS) is 18.2. The Bertz CT molecular complexity index is 1780. The Kier molecular flexibility index (Phi) is 7.30. The molecule has 10 nitrogen and oxygen atoms in total. The lowest BCUT2D eigenvalue weighted by atomic mass is 9.64. The van der Waals surface area contributed by atoms with Crippen molar-refractivity contribution in [2.24, 2.45) is 0 Å². The van der Waals surface area contributed by atoms with Crippen molar-refractivity contribution in [1.82, 2.24) is 19.9 Å². The molecule has 5 heterocycles. The molecule has 1 amide bonds. The Morgan fingerprint density at radius 1 is 1.02 bits per heavy atom. The van der Waals surface area contributed by atoms with Gasteiger partial charge in [0.25, 0.3) is 10.0 Å². The summed E-state index contributed by atoms with van der Waals surface area (Å²) in [5.74, 6) is 0.371. The average Bonchev–Trinajstić information content (AvgIpc) is 3.63. The second kappa shape index (κ2) is 11.1. The Morgan fingerprint density at radius 2 is 1.86 bits per heavy atom. The van der Waals surface area contributed by atoms with Crippen LogP contribution in [0.25, 0.3) is 22.0 Å². The van der Waals surface area contributed by atoms with Crippen LogP contribution in [-0.2, 0) is 20.2 Å². The van der Waals surface area contributed by atoms with Crippen molar-refractivity contribution >= 4 is 49.5 Å². The van der Waals surface area contributed by atoms with Crippen LogP contribution in [0, 0.1) is 0 Å². The number of nitrogens with zero attached hydrogens (tertiary/aromatic N) is 5. The highest BCUT2D eigenvalue weighted by Crippen LogP contribution is 2.55. The minimum Gasteiger partial charge on any atom is -0.476 e. The minimum atomic E-state index is -3.88. The molecule has 0 radical (unpaired) electrons. The molecule has 1 saturated carbocycles. The number of pyridine rings is 2. The fraction of sp³-hybridized carbons (Fsp3) is 0.419. The van der Waals surface area contributed by atoms with E-state index >= 15 is 0 Å². The van der Waals surface area contributed by atoms with E-state index < -0.39 is 15.4 Å². The van der Waals surface area contributed by atoms with Crippen molar-refractivity contribution in [3.8, 4) is 17.0 Å². The number of likely N-dealkylation sites (tertiary alicyclic amines) is 1. The molecule has 4 aromatic rings. The number of carbonyl (C=O) groups excluding carboxylic acids is 1. The van der Waals surface area contributed by atoms with Crippen LogP contribution in [0.15, 0.2) is 52.6 Å². The topological polar surface area (TPSA) is 118 Å². The number of likely N-dealkylation sites (N-methyl/N-ethyl adjacent to an activating group) is 1. The van der Waals surface area contributed by atoms with E-state index in [2.05, 4.69) is 24.6 Å². The zero-order chi connectivity index (χ0) is 29.6. The molecule has 2 aliphatic heterocycles. The van der Waals surface area contributed by atoms with E-state index in [0.717, 1.165) is 89.9 Å². The number of nitrogens with one attached hydrogen (secondary N) is 1. The summed E-state index contributed by atoms with van der Waals surface area (Å²) in [4.78, 5) is 30.6. The van der Waals surface area contributed by atoms with Crippen molar-refractivity contribution in [2.45, 2.75) is 54.6 Å². The average molecular weight is 619 g/mol. The van der Waals surface area contributed by atoms with Gasteiger partial charge in [-0.1, -0.05) is 18.9 Å².